The van der Waals surface area contributed by atoms with Gasteiger partial charge in [-0.1, -0.05) is 24.3 Å². The van der Waals surface area contributed by atoms with Crippen molar-refractivity contribution in [3.8, 4) is 0 Å². The van der Waals surface area contributed by atoms with Crippen LogP contribution < -0.4 is 10.2 Å². The molecule has 1 saturated heterocycles. The number of carbonyl (C=O) groups is 1. The lowest BCUT2D eigenvalue weighted by molar-refractivity contribution is -0.137. The molecule has 1 fully saturated rings. The summed E-state index contributed by atoms with van der Waals surface area (Å²) in [6, 6.07) is 14.1. The van der Waals surface area contributed by atoms with Gasteiger partial charge in [0.1, 0.15) is 0 Å². The first-order valence-electron chi connectivity index (χ1n) is 8.98. The van der Waals surface area contributed by atoms with Crippen LogP contribution in [0, 0.1) is 0 Å². The number of aromatic nitrogens is 1. The SMILES string of the molecule is O=C(N[C@H]1CCN(c2ccnc3ccccc23)C1)c1cccc(C(F)(F)F)c1. The zero-order chi connectivity index (χ0) is 19.7. The maximum absolute atomic E-state index is 12.9. The number of fused-ring (bicyclic) bond motifs is 1. The van der Waals surface area contributed by atoms with Crippen molar-refractivity contribution >= 4 is 22.5 Å². The molecule has 3 aromatic rings. The third-order valence-corrected chi connectivity index (χ3v) is 4.94. The average Bonchev–Trinajstić information content (AvgIpc) is 3.15. The quantitative estimate of drug-likeness (QED) is 0.733. The molecule has 1 aliphatic heterocycles. The van der Waals surface area contributed by atoms with Gasteiger partial charge in [0.05, 0.1) is 11.1 Å². The summed E-state index contributed by atoms with van der Waals surface area (Å²) >= 11 is 0. The lowest BCUT2D eigenvalue weighted by Gasteiger charge is -2.21. The van der Waals surface area contributed by atoms with Gasteiger partial charge in [-0.2, -0.15) is 13.2 Å². The number of amides is 1. The minimum atomic E-state index is -4.47. The summed E-state index contributed by atoms with van der Waals surface area (Å²) in [5, 5.41) is 3.89. The summed E-state index contributed by atoms with van der Waals surface area (Å²) in [6.07, 6.45) is -1.99. The van der Waals surface area contributed by atoms with Gasteiger partial charge < -0.3 is 10.2 Å². The van der Waals surface area contributed by atoms with Crippen LogP contribution in [0.1, 0.15) is 22.3 Å². The standard InChI is InChI=1S/C21H18F3N3O/c22-21(23,24)15-5-3-4-14(12-15)20(28)26-16-9-11-27(13-16)19-8-10-25-18-7-2-1-6-17(18)19/h1-8,10,12,16H,9,11,13H2,(H,26,28)/t16-/m0/s1. The summed E-state index contributed by atoms with van der Waals surface area (Å²) < 4.78 is 38.6. The Bertz CT molecular complexity index is 1010. The molecule has 0 aliphatic carbocycles. The van der Waals surface area contributed by atoms with Gasteiger partial charge >= 0.3 is 6.18 Å². The van der Waals surface area contributed by atoms with Crippen molar-refractivity contribution < 1.29 is 18.0 Å². The monoisotopic (exact) mass is 385 g/mol. The molecule has 1 aliphatic rings. The van der Waals surface area contributed by atoms with Gasteiger partial charge in [0, 0.05) is 42.0 Å². The van der Waals surface area contributed by atoms with Crippen LogP contribution in [-0.2, 0) is 6.18 Å². The molecule has 0 radical (unpaired) electrons. The van der Waals surface area contributed by atoms with Crippen LogP contribution in [0.4, 0.5) is 18.9 Å². The molecule has 0 unspecified atom stereocenters. The second-order valence-electron chi connectivity index (χ2n) is 6.83. The van der Waals surface area contributed by atoms with Crippen molar-refractivity contribution in [3.63, 3.8) is 0 Å². The molecule has 2 aromatic carbocycles. The van der Waals surface area contributed by atoms with Gasteiger partial charge in [-0.25, -0.2) is 0 Å². The van der Waals surface area contributed by atoms with Crippen molar-refractivity contribution in [1.29, 1.82) is 0 Å². The Balaban J connectivity index is 1.47. The molecule has 2 heterocycles. The summed E-state index contributed by atoms with van der Waals surface area (Å²) in [5.41, 5.74) is 1.14. The van der Waals surface area contributed by atoms with E-state index in [1.807, 2.05) is 30.3 Å². The average molecular weight is 385 g/mol. The number of nitrogens with one attached hydrogen (secondary N) is 1. The molecule has 0 spiro atoms. The van der Waals surface area contributed by atoms with Crippen LogP contribution in [-0.4, -0.2) is 30.0 Å². The number of benzene rings is 2. The first-order chi connectivity index (χ1) is 13.4. The Morgan fingerprint density at radius 3 is 2.75 bits per heavy atom. The van der Waals surface area contributed by atoms with Crippen molar-refractivity contribution in [2.24, 2.45) is 0 Å². The number of pyridine rings is 1. The van der Waals surface area contributed by atoms with E-state index in [1.165, 1.54) is 12.1 Å². The Kier molecular flexibility index (Phi) is 4.66. The Hall–Kier alpha value is -3.09. The van der Waals surface area contributed by atoms with Gasteiger partial charge in [0.25, 0.3) is 5.91 Å². The fourth-order valence-corrected chi connectivity index (χ4v) is 3.56. The summed E-state index contributed by atoms with van der Waals surface area (Å²) in [6.45, 7) is 1.35. The minimum Gasteiger partial charge on any atom is -0.369 e. The van der Waals surface area contributed by atoms with E-state index in [0.717, 1.165) is 41.7 Å². The number of anilines is 1. The minimum absolute atomic E-state index is 0.0163. The molecule has 1 N–H and O–H groups in total. The second-order valence-corrected chi connectivity index (χ2v) is 6.83. The lowest BCUT2D eigenvalue weighted by atomic mass is 10.1. The third-order valence-electron chi connectivity index (χ3n) is 4.94. The zero-order valence-electron chi connectivity index (χ0n) is 14.9. The van der Waals surface area contributed by atoms with E-state index in [4.69, 9.17) is 0 Å². The third kappa shape index (κ3) is 3.65. The number of para-hydroxylation sites is 1. The summed E-state index contributed by atoms with van der Waals surface area (Å²) in [4.78, 5) is 19.0. The van der Waals surface area contributed by atoms with Crippen molar-refractivity contribution in [2.45, 2.75) is 18.6 Å². The summed E-state index contributed by atoms with van der Waals surface area (Å²) in [7, 11) is 0. The molecule has 144 valence electrons. The predicted molar refractivity (Wildman–Crippen MR) is 101 cm³/mol. The number of hydrogen-bond acceptors (Lipinski definition) is 3. The Morgan fingerprint density at radius 2 is 1.93 bits per heavy atom. The Labute approximate surface area is 160 Å². The fraction of sp³-hybridized carbons (Fsp3) is 0.238. The number of nitrogens with zero attached hydrogens (tertiary/aromatic N) is 2. The molecule has 0 saturated carbocycles. The molecule has 1 amide bonds. The number of halogens is 3. The van der Waals surface area contributed by atoms with Gasteiger partial charge in [0.15, 0.2) is 0 Å². The fourth-order valence-electron chi connectivity index (χ4n) is 3.56. The first-order valence-corrected chi connectivity index (χ1v) is 8.98. The van der Waals surface area contributed by atoms with Crippen molar-refractivity contribution in [2.75, 3.05) is 18.0 Å². The smallest absolute Gasteiger partial charge is 0.369 e. The maximum atomic E-state index is 12.9. The highest BCUT2D eigenvalue weighted by molar-refractivity contribution is 5.95. The van der Waals surface area contributed by atoms with Crippen LogP contribution >= 0.6 is 0 Å². The molecule has 4 nitrogen and oxygen atoms in total. The van der Waals surface area contributed by atoms with Crippen LogP contribution in [0.25, 0.3) is 10.9 Å². The molecule has 4 rings (SSSR count). The van der Waals surface area contributed by atoms with Crippen molar-refractivity contribution in [3.05, 3.63) is 71.9 Å². The van der Waals surface area contributed by atoms with Crippen LogP contribution in [0.3, 0.4) is 0 Å². The van der Waals surface area contributed by atoms with E-state index in [0.29, 0.717) is 6.54 Å². The van der Waals surface area contributed by atoms with Crippen LogP contribution in [0.5, 0.6) is 0 Å². The molecular formula is C21H18F3N3O. The highest BCUT2D eigenvalue weighted by Crippen LogP contribution is 2.30. The molecule has 7 heteroatoms. The van der Waals surface area contributed by atoms with E-state index >= 15 is 0 Å². The molecule has 1 atom stereocenters. The lowest BCUT2D eigenvalue weighted by Crippen LogP contribution is -2.37. The predicted octanol–water partition coefficient (Wildman–Crippen LogP) is 4.26. The largest absolute Gasteiger partial charge is 0.416 e. The Morgan fingerprint density at radius 1 is 1.11 bits per heavy atom. The van der Waals surface area contributed by atoms with Crippen molar-refractivity contribution in [1.82, 2.24) is 10.3 Å². The van der Waals surface area contributed by atoms with Crippen LogP contribution in [0.2, 0.25) is 0 Å². The number of hydrogen-bond donors (Lipinski definition) is 1. The molecular weight excluding hydrogens is 367 g/mol. The number of rotatable bonds is 3. The second kappa shape index (κ2) is 7.14. The van der Waals surface area contributed by atoms with Gasteiger partial charge in [-0.3, -0.25) is 9.78 Å². The topological polar surface area (TPSA) is 45.2 Å². The normalized spacial score (nSPS) is 17.1. The van der Waals surface area contributed by atoms with Gasteiger partial charge in [-0.05, 0) is 36.8 Å². The van der Waals surface area contributed by atoms with E-state index in [9.17, 15) is 18.0 Å². The van der Waals surface area contributed by atoms with E-state index in [2.05, 4.69) is 15.2 Å². The van der Waals surface area contributed by atoms with E-state index < -0.39 is 17.6 Å². The van der Waals surface area contributed by atoms with E-state index in [-0.39, 0.29) is 11.6 Å². The number of alkyl halides is 3. The maximum Gasteiger partial charge on any atom is 0.416 e. The molecule has 1 aromatic heterocycles. The number of carbonyl (C=O) groups excluding carboxylic acids is 1. The van der Waals surface area contributed by atoms with E-state index in [1.54, 1.807) is 6.20 Å². The van der Waals surface area contributed by atoms with Gasteiger partial charge in [0.2, 0.25) is 0 Å². The van der Waals surface area contributed by atoms with Crippen LogP contribution in [0.15, 0.2) is 60.8 Å². The molecule has 28 heavy (non-hydrogen) atoms. The molecule has 0 bridgehead atoms. The highest BCUT2D eigenvalue weighted by Gasteiger charge is 2.31. The first kappa shape index (κ1) is 18.3. The zero-order valence-corrected chi connectivity index (χ0v) is 14.9. The van der Waals surface area contributed by atoms with Gasteiger partial charge in [-0.15, -0.1) is 0 Å². The highest BCUT2D eigenvalue weighted by atomic mass is 19.4. The summed E-state index contributed by atoms with van der Waals surface area (Å²) in [5.74, 6) is -0.488.